The number of amides is 1. The summed E-state index contributed by atoms with van der Waals surface area (Å²) in [5.41, 5.74) is 1.39. The third-order valence-electron chi connectivity index (χ3n) is 5.15. The number of carbonyl (C=O) groups excluding carboxylic acids is 1. The van der Waals surface area contributed by atoms with Gasteiger partial charge < -0.3 is 26.3 Å². The molecule has 0 radical (unpaired) electrons. The van der Waals surface area contributed by atoms with Gasteiger partial charge in [-0.3, -0.25) is 9.78 Å². The van der Waals surface area contributed by atoms with Crippen LogP contribution in [0.5, 0.6) is 0 Å². The summed E-state index contributed by atoms with van der Waals surface area (Å²) >= 11 is 0. The van der Waals surface area contributed by atoms with Crippen molar-refractivity contribution in [2.24, 2.45) is 0 Å². The van der Waals surface area contributed by atoms with E-state index in [0.717, 1.165) is 18.5 Å². The highest BCUT2D eigenvalue weighted by atomic mass is 19.4. The normalized spacial score (nSPS) is 16.2. The Hall–Kier alpha value is -3.70. The van der Waals surface area contributed by atoms with Gasteiger partial charge in [0.05, 0.1) is 5.69 Å². The van der Waals surface area contributed by atoms with E-state index in [2.05, 4.69) is 30.9 Å². The van der Waals surface area contributed by atoms with Crippen LogP contribution in [-0.2, 0) is 17.5 Å². The van der Waals surface area contributed by atoms with E-state index in [9.17, 15) is 18.0 Å². The first kappa shape index (κ1) is 24.0. The summed E-state index contributed by atoms with van der Waals surface area (Å²) in [6.45, 7) is 4.19. The third kappa shape index (κ3) is 5.57. The number of rotatable bonds is 8. The van der Waals surface area contributed by atoms with Crippen LogP contribution in [0.25, 0.3) is 0 Å². The Morgan fingerprint density at radius 2 is 2.09 bits per heavy atom. The van der Waals surface area contributed by atoms with E-state index < -0.39 is 11.9 Å². The van der Waals surface area contributed by atoms with Crippen LogP contribution in [-0.4, -0.2) is 46.7 Å². The highest BCUT2D eigenvalue weighted by molar-refractivity contribution is 6.03. The lowest BCUT2D eigenvalue weighted by atomic mass is 10.1. The number of nitrogens with one attached hydrogen (secondary N) is 4. The van der Waals surface area contributed by atoms with Crippen molar-refractivity contribution in [1.82, 2.24) is 20.3 Å². The summed E-state index contributed by atoms with van der Waals surface area (Å²) in [5.74, 6) is 0.872. The second kappa shape index (κ2) is 9.84. The molecule has 2 aromatic rings. The molecule has 0 saturated heterocycles. The number of pyridine rings is 1. The molecule has 4 N–H and O–H groups in total. The zero-order valence-corrected chi connectivity index (χ0v) is 18.4. The van der Waals surface area contributed by atoms with Crippen LogP contribution in [0.3, 0.4) is 0 Å². The maximum absolute atomic E-state index is 12.6. The Labute approximate surface area is 189 Å². The van der Waals surface area contributed by atoms with E-state index in [1.54, 1.807) is 13.1 Å². The zero-order valence-electron chi connectivity index (χ0n) is 18.4. The highest BCUT2D eigenvalue weighted by Crippen LogP contribution is 2.33. The van der Waals surface area contributed by atoms with Crippen molar-refractivity contribution < 1.29 is 18.0 Å². The van der Waals surface area contributed by atoms with Crippen molar-refractivity contribution in [3.63, 3.8) is 0 Å². The van der Waals surface area contributed by atoms with Gasteiger partial charge in [-0.05, 0) is 25.0 Å². The van der Waals surface area contributed by atoms with E-state index in [1.807, 2.05) is 18.9 Å². The first-order chi connectivity index (χ1) is 15.6. The average Bonchev–Trinajstić information content (AvgIpc) is 2.77. The van der Waals surface area contributed by atoms with Crippen molar-refractivity contribution >= 4 is 29.6 Å². The molecule has 2 aromatic heterocycles. The van der Waals surface area contributed by atoms with Crippen molar-refractivity contribution in [3.05, 3.63) is 47.1 Å². The molecule has 9 nitrogen and oxygen atoms in total. The topological polar surface area (TPSA) is 119 Å². The van der Waals surface area contributed by atoms with Gasteiger partial charge in [0.1, 0.15) is 17.4 Å². The third-order valence-corrected chi connectivity index (χ3v) is 5.15. The zero-order chi connectivity index (χ0) is 24.2. The minimum atomic E-state index is -4.47. The molecule has 0 bridgehead atoms. The average molecular weight is 462 g/mol. The summed E-state index contributed by atoms with van der Waals surface area (Å²) in [6, 6.07) is 1.96. The molecule has 12 heteroatoms. The van der Waals surface area contributed by atoms with E-state index >= 15 is 0 Å². The predicted octanol–water partition coefficient (Wildman–Crippen LogP) is 3.10. The molecule has 1 atom stereocenters. The molecule has 0 spiro atoms. The molecule has 0 aliphatic carbocycles. The molecule has 0 fully saturated rings. The van der Waals surface area contributed by atoms with E-state index in [4.69, 9.17) is 5.41 Å². The largest absolute Gasteiger partial charge is 0.433 e. The Morgan fingerprint density at radius 3 is 2.70 bits per heavy atom. The van der Waals surface area contributed by atoms with Crippen molar-refractivity contribution in [1.29, 1.82) is 5.41 Å². The second-order valence-electron chi connectivity index (χ2n) is 7.50. The van der Waals surface area contributed by atoms with Gasteiger partial charge in [-0.15, -0.1) is 0 Å². The van der Waals surface area contributed by atoms with Crippen molar-refractivity contribution in [2.45, 2.75) is 39.0 Å². The van der Waals surface area contributed by atoms with Gasteiger partial charge in [-0.2, -0.15) is 18.2 Å². The van der Waals surface area contributed by atoms with Crippen LogP contribution in [0.4, 0.5) is 30.6 Å². The van der Waals surface area contributed by atoms with Gasteiger partial charge in [0.25, 0.3) is 0 Å². The lowest BCUT2D eigenvalue weighted by Crippen LogP contribution is -2.46. The van der Waals surface area contributed by atoms with Crippen LogP contribution in [0.1, 0.15) is 30.3 Å². The maximum Gasteiger partial charge on any atom is 0.433 e. The maximum atomic E-state index is 12.6. The standard InChI is InChI=1S/C21H25F3N8O/c1-4-15-19(33)30-17-12(2)29-20(31-18(17)32(15)3)28-11-14(7-25)9-26-8-13-5-6-16(27-10-13)21(22,23)24/h5-7,9-10,15,25-26H,4,8,11H2,1-3H3,(H,30,33)(H,28,29,31)/b14-9+,25-7?/t15-/m0/s1. The summed E-state index contributed by atoms with van der Waals surface area (Å²) in [6.07, 6.45) is 0.0565. The van der Waals surface area contributed by atoms with Gasteiger partial charge in [-0.1, -0.05) is 13.0 Å². The second-order valence-corrected chi connectivity index (χ2v) is 7.50. The predicted molar refractivity (Wildman–Crippen MR) is 119 cm³/mol. The lowest BCUT2D eigenvalue weighted by Gasteiger charge is -2.34. The Kier molecular flexibility index (Phi) is 7.14. The molecular weight excluding hydrogens is 437 g/mol. The number of nitrogens with zero attached hydrogens (tertiary/aromatic N) is 4. The summed E-state index contributed by atoms with van der Waals surface area (Å²) in [5, 5.41) is 16.5. The van der Waals surface area contributed by atoms with Gasteiger partial charge in [0.15, 0.2) is 5.82 Å². The number of hydrogen-bond acceptors (Lipinski definition) is 8. The number of likely N-dealkylation sites (N-methyl/N-ethyl adjacent to an activating group) is 1. The number of alkyl halides is 3. The molecule has 0 saturated carbocycles. The van der Waals surface area contributed by atoms with Gasteiger partial charge >= 0.3 is 6.18 Å². The number of aromatic nitrogens is 3. The number of anilines is 3. The monoisotopic (exact) mass is 462 g/mol. The van der Waals surface area contributed by atoms with Gasteiger partial charge in [0, 0.05) is 44.3 Å². The summed E-state index contributed by atoms with van der Waals surface area (Å²) in [7, 11) is 1.81. The molecule has 0 aromatic carbocycles. The Morgan fingerprint density at radius 1 is 1.33 bits per heavy atom. The molecule has 33 heavy (non-hydrogen) atoms. The lowest BCUT2D eigenvalue weighted by molar-refractivity contribution is -0.141. The Bertz CT molecular complexity index is 1050. The highest BCUT2D eigenvalue weighted by Gasteiger charge is 2.32. The van der Waals surface area contributed by atoms with Gasteiger partial charge in [0.2, 0.25) is 11.9 Å². The molecule has 176 valence electrons. The number of halogens is 3. The molecule has 0 unspecified atom stereocenters. The molecular formula is C21H25F3N8O. The summed E-state index contributed by atoms with van der Waals surface area (Å²) < 4.78 is 37.8. The molecule has 3 heterocycles. The molecule has 1 aliphatic rings. The number of hydrogen-bond donors (Lipinski definition) is 4. The molecule has 3 rings (SSSR count). The van der Waals surface area contributed by atoms with Crippen LogP contribution in [0.2, 0.25) is 0 Å². The quantitative estimate of drug-likeness (QED) is 0.445. The van der Waals surface area contributed by atoms with Crippen LogP contribution < -0.4 is 20.9 Å². The fourth-order valence-electron chi connectivity index (χ4n) is 3.35. The van der Waals surface area contributed by atoms with Gasteiger partial charge in [-0.25, -0.2) is 4.98 Å². The van der Waals surface area contributed by atoms with Crippen LogP contribution in [0, 0.1) is 12.3 Å². The van der Waals surface area contributed by atoms with Crippen molar-refractivity contribution in [3.8, 4) is 0 Å². The molecule has 1 aliphatic heterocycles. The molecule has 1 amide bonds. The fraction of sp³-hybridized carbons (Fsp3) is 0.381. The van der Waals surface area contributed by atoms with Crippen LogP contribution in [0.15, 0.2) is 30.1 Å². The minimum Gasteiger partial charge on any atom is -0.386 e. The first-order valence-corrected chi connectivity index (χ1v) is 10.2. The Balaban J connectivity index is 1.63. The summed E-state index contributed by atoms with van der Waals surface area (Å²) in [4.78, 5) is 26.4. The smallest absolute Gasteiger partial charge is 0.386 e. The number of carbonyl (C=O) groups is 1. The van der Waals surface area contributed by atoms with Crippen LogP contribution >= 0.6 is 0 Å². The fourth-order valence-corrected chi connectivity index (χ4v) is 3.35. The first-order valence-electron chi connectivity index (χ1n) is 10.2. The SMILES string of the molecule is CC[C@H]1C(=O)Nc2c(C)nc(NC/C(C=N)=C/NCc3ccc(C(F)(F)F)nc3)nc2N1C. The van der Waals surface area contributed by atoms with E-state index in [1.165, 1.54) is 6.07 Å². The number of aryl methyl sites for hydroxylation is 1. The minimum absolute atomic E-state index is 0.0942. The van der Waals surface area contributed by atoms with E-state index in [-0.39, 0.29) is 25.0 Å². The van der Waals surface area contributed by atoms with E-state index in [0.29, 0.717) is 40.7 Å². The number of fused-ring (bicyclic) bond motifs is 1. The van der Waals surface area contributed by atoms with Crippen molar-refractivity contribution in [2.75, 3.05) is 29.1 Å².